The monoisotopic (exact) mass is 544 g/mol. The molecule has 0 spiro atoms. The van der Waals surface area contributed by atoms with Crippen molar-refractivity contribution in [1.29, 1.82) is 0 Å². The van der Waals surface area contributed by atoms with Crippen molar-refractivity contribution in [2.75, 3.05) is 32.1 Å². The van der Waals surface area contributed by atoms with Gasteiger partial charge in [0, 0.05) is 37.2 Å². The molecule has 1 aliphatic rings. The number of methoxy groups -OCH3 is 1. The second-order valence-corrected chi connectivity index (χ2v) is 7.22. The lowest BCUT2D eigenvalue weighted by Crippen LogP contribution is -2.44. The van der Waals surface area contributed by atoms with Crippen molar-refractivity contribution < 1.29 is 4.74 Å². The summed E-state index contributed by atoms with van der Waals surface area (Å²) < 4.78 is 6.58. The normalized spacial score (nSPS) is 16.6. The molecule has 0 aliphatic carbocycles. The van der Waals surface area contributed by atoms with E-state index in [1.807, 2.05) is 19.2 Å². The first-order valence-corrected chi connectivity index (χ1v) is 9.58. The van der Waals surface area contributed by atoms with Gasteiger partial charge < -0.3 is 20.3 Å². The molecule has 3 rings (SSSR count). The predicted octanol–water partition coefficient (Wildman–Crippen LogP) is 4.02. The minimum Gasteiger partial charge on any atom is -0.495 e. The number of ether oxygens (including phenoxy) is 1. The van der Waals surface area contributed by atoms with Crippen molar-refractivity contribution in [3.8, 4) is 5.75 Å². The molecule has 27 heavy (non-hydrogen) atoms. The molecule has 146 valence electrons. The number of rotatable bonds is 5. The lowest BCUT2D eigenvalue weighted by atomic mass is 10.2. The highest BCUT2D eigenvalue weighted by atomic mass is 127. The molecule has 2 aromatic rings. The van der Waals surface area contributed by atoms with Gasteiger partial charge in [-0.25, -0.2) is 0 Å². The first kappa shape index (κ1) is 21.8. The van der Waals surface area contributed by atoms with Gasteiger partial charge in [-0.15, -0.1) is 24.0 Å². The number of hydrogen-bond donors (Lipinski definition) is 2. The van der Waals surface area contributed by atoms with Crippen LogP contribution in [0.4, 0.5) is 5.69 Å². The molecule has 1 saturated heterocycles. The Morgan fingerprint density at radius 3 is 2.67 bits per heavy atom. The van der Waals surface area contributed by atoms with Crippen LogP contribution in [0.1, 0.15) is 12.0 Å². The zero-order valence-corrected chi connectivity index (χ0v) is 19.5. The summed E-state index contributed by atoms with van der Waals surface area (Å²) in [7, 11) is 3.53. The summed E-state index contributed by atoms with van der Waals surface area (Å²) in [6.07, 6.45) is 1.07. The van der Waals surface area contributed by atoms with Crippen molar-refractivity contribution in [3.05, 3.63) is 58.6 Å². The fraction of sp³-hybridized carbons (Fsp3) is 0.350. The van der Waals surface area contributed by atoms with Crippen LogP contribution in [0.15, 0.2) is 58.0 Å². The van der Waals surface area contributed by atoms with E-state index in [1.54, 1.807) is 7.11 Å². The Balaban J connectivity index is 0.00000261. The number of para-hydroxylation sites is 2. The number of benzene rings is 2. The second kappa shape index (κ2) is 10.8. The Bertz CT molecular complexity index is 754. The van der Waals surface area contributed by atoms with Gasteiger partial charge in [0.05, 0.1) is 12.8 Å². The zero-order valence-electron chi connectivity index (χ0n) is 15.6. The van der Waals surface area contributed by atoms with Gasteiger partial charge in [-0.3, -0.25) is 4.99 Å². The Hall–Kier alpha value is -1.48. The molecule has 0 radical (unpaired) electrons. The fourth-order valence-electron chi connectivity index (χ4n) is 3.16. The maximum Gasteiger partial charge on any atom is 0.191 e. The largest absolute Gasteiger partial charge is 0.495 e. The van der Waals surface area contributed by atoms with Crippen LogP contribution in [-0.4, -0.2) is 39.2 Å². The Morgan fingerprint density at radius 2 is 1.96 bits per heavy atom. The summed E-state index contributed by atoms with van der Waals surface area (Å²) in [4.78, 5) is 6.72. The van der Waals surface area contributed by atoms with Crippen molar-refractivity contribution >= 4 is 51.6 Å². The van der Waals surface area contributed by atoms with E-state index in [2.05, 4.69) is 72.9 Å². The van der Waals surface area contributed by atoms with E-state index < -0.39 is 0 Å². The summed E-state index contributed by atoms with van der Waals surface area (Å²) in [5.41, 5.74) is 2.37. The summed E-state index contributed by atoms with van der Waals surface area (Å²) in [6, 6.07) is 16.8. The summed E-state index contributed by atoms with van der Waals surface area (Å²) in [6.45, 7) is 2.68. The van der Waals surface area contributed by atoms with Crippen LogP contribution < -0.4 is 20.3 Å². The Labute approximate surface area is 186 Å². The van der Waals surface area contributed by atoms with Gasteiger partial charge in [0.25, 0.3) is 0 Å². The van der Waals surface area contributed by atoms with E-state index in [9.17, 15) is 0 Å². The topological polar surface area (TPSA) is 48.9 Å². The van der Waals surface area contributed by atoms with Crippen molar-refractivity contribution in [1.82, 2.24) is 10.6 Å². The first-order valence-electron chi connectivity index (χ1n) is 8.79. The third-order valence-corrected chi connectivity index (χ3v) is 5.08. The zero-order chi connectivity index (χ0) is 18.4. The fourth-order valence-corrected chi connectivity index (χ4v) is 3.43. The smallest absolute Gasteiger partial charge is 0.191 e. The summed E-state index contributed by atoms with van der Waals surface area (Å²) in [5.74, 6) is 1.76. The predicted molar refractivity (Wildman–Crippen MR) is 127 cm³/mol. The van der Waals surface area contributed by atoms with Crippen LogP contribution in [0.25, 0.3) is 0 Å². The molecule has 2 N–H and O–H groups in total. The number of anilines is 1. The van der Waals surface area contributed by atoms with E-state index in [0.29, 0.717) is 6.04 Å². The van der Waals surface area contributed by atoms with Gasteiger partial charge in [-0.2, -0.15) is 0 Å². The van der Waals surface area contributed by atoms with E-state index in [1.165, 1.54) is 5.56 Å². The molecule has 0 aromatic heterocycles. The standard InChI is InChI=1S/C20H25BrN4O.HI/c1-22-20(23-13-15-7-9-16(21)10-8-15)24-17-11-12-25(14-17)18-5-3-4-6-19(18)26-2;/h3-10,17H,11-14H2,1-2H3,(H2,22,23,24);1H. The van der Waals surface area contributed by atoms with E-state index >= 15 is 0 Å². The molecule has 1 unspecified atom stereocenters. The highest BCUT2D eigenvalue weighted by Crippen LogP contribution is 2.30. The van der Waals surface area contributed by atoms with Gasteiger partial charge in [-0.1, -0.05) is 40.2 Å². The third kappa shape index (κ3) is 6.00. The third-order valence-electron chi connectivity index (χ3n) is 4.55. The molecule has 1 heterocycles. The minimum absolute atomic E-state index is 0. The number of aliphatic imine (C=N–C) groups is 1. The molecule has 7 heteroatoms. The van der Waals surface area contributed by atoms with Crippen molar-refractivity contribution in [2.45, 2.75) is 19.0 Å². The number of nitrogens with zero attached hydrogens (tertiary/aromatic N) is 2. The highest BCUT2D eigenvalue weighted by Gasteiger charge is 2.25. The van der Waals surface area contributed by atoms with Crippen LogP contribution >= 0.6 is 39.9 Å². The SMILES string of the molecule is CN=C(NCc1ccc(Br)cc1)NC1CCN(c2ccccc2OC)C1.I. The molecular weight excluding hydrogens is 519 g/mol. The van der Waals surface area contributed by atoms with Gasteiger partial charge in [0.1, 0.15) is 5.75 Å². The number of guanidine groups is 1. The molecule has 0 saturated carbocycles. The molecule has 2 aromatic carbocycles. The van der Waals surface area contributed by atoms with Crippen LogP contribution in [0.2, 0.25) is 0 Å². The molecular formula is C20H26BrIN4O. The van der Waals surface area contributed by atoms with E-state index in [-0.39, 0.29) is 24.0 Å². The summed E-state index contributed by atoms with van der Waals surface area (Å²) >= 11 is 3.46. The van der Waals surface area contributed by atoms with Crippen molar-refractivity contribution in [2.24, 2.45) is 4.99 Å². The minimum atomic E-state index is 0. The molecule has 0 amide bonds. The molecule has 1 fully saturated rings. The number of nitrogens with one attached hydrogen (secondary N) is 2. The van der Waals surface area contributed by atoms with E-state index in [0.717, 1.165) is 47.9 Å². The van der Waals surface area contributed by atoms with Crippen LogP contribution in [0, 0.1) is 0 Å². The second-order valence-electron chi connectivity index (χ2n) is 6.30. The first-order chi connectivity index (χ1) is 12.7. The molecule has 1 atom stereocenters. The lowest BCUT2D eigenvalue weighted by Gasteiger charge is -2.22. The van der Waals surface area contributed by atoms with Crippen LogP contribution in [0.5, 0.6) is 5.75 Å². The molecule has 1 aliphatic heterocycles. The quantitative estimate of drug-likeness (QED) is 0.339. The molecule has 0 bridgehead atoms. The number of halogens is 2. The van der Waals surface area contributed by atoms with Crippen LogP contribution in [0.3, 0.4) is 0 Å². The van der Waals surface area contributed by atoms with E-state index in [4.69, 9.17) is 4.74 Å². The Morgan fingerprint density at radius 1 is 1.22 bits per heavy atom. The van der Waals surface area contributed by atoms with Gasteiger partial charge in [0.2, 0.25) is 0 Å². The Kier molecular flexibility index (Phi) is 8.69. The number of hydrogen-bond acceptors (Lipinski definition) is 3. The van der Waals surface area contributed by atoms with Gasteiger partial charge in [-0.05, 0) is 36.2 Å². The van der Waals surface area contributed by atoms with Gasteiger partial charge >= 0.3 is 0 Å². The average molecular weight is 545 g/mol. The highest BCUT2D eigenvalue weighted by molar-refractivity contribution is 14.0. The summed E-state index contributed by atoms with van der Waals surface area (Å²) in [5, 5.41) is 6.92. The maximum absolute atomic E-state index is 5.49. The lowest BCUT2D eigenvalue weighted by molar-refractivity contribution is 0.415. The van der Waals surface area contributed by atoms with Gasteiger partial charge in [0.15, 0.2) is 5.96 Å². The maximum atomic E-state index is 5.49. The van der Waals surface area contributed by atoms with Crippen molar-refractivity contribution in [3.63, 3.8) is 0 Å². The van der Waals surface area contributed by atoms with Crippen LogP contribution in [-0.2, 0) is 6.54 Å². The molecule has 5 nitrogen and oxygen atoms in total. The average Bonchev–Trinajstić information content (AvgIpc) is 3.14.